The lowest BCUT2D eigenvalue weighted by Crippen LogP contribution is -2.26. The van der Waals surface area contributed by atoms with Crippen LogP contribution in [0.4, 0.5) is 10.1 Å². The number of rotatable bonds is 5. The van der Waals surface area contributed by atoms with Gasteiger partial charge in [0.1, 0.15) is 5.82 Å². The number of nitrogens with one attached hydrogen (secondary N) is 1. The van der Waals surface area contributed by atoms with Gasteiger partial charge in [0.15, 0.2) is 0 Å². The highest BCUT2D eigenvalue weighted by Gasteiger charge is 2.15. The quantitative estimate of drug-likeness (QED) is 0.859. The fourth-order valence-electron chi connectivity index (χ4n) is 2.89. The molecule has 1 N–H and O–H groups in total. The van der Waals surface area contributed by atoms with Crippen molar-refractivity contribution in [1.82, 2.24) is 5.32 Å². The molecule has 0 spiro atoms. The van der Waals surface area contributed by atoms with Crippen molar-refractivity contribution in [3.05, 3.63) is 29.6 Å². The van der Waals surface area contributed by atoms with Gasteiger partial charge in [0.05, 0.1) is 5.69 Å². The minimum atomic E-state index is -0.0763. The lowest BCUT2D eigenvalue weighted by molar-refractivity contribution is 0.494. The molecule has 1 atom stereocenters. The second-order valence-corrected chi connectivity index (χ2v) is 6.64. The van der Waals surface area contributed by atoms with Gasteiger partial charge in [-0.25, -0.2) is 4.39 Å². The Kier molecular flexibility index (Phi) is 6.04. The van der Waals surface area contributed by atoms with Gasteiger partial charge in [-0.3, -0.25) is 0 Å². The molecule has 1 aliphatic rings. The minimum absolute atomic E-state index is 0.0763. The lowest BCUT2D eigenvalue weighted by atomic mass is 10.1. The van der Waals surface area contributed by atoms with E-state index in [9.17, 15) is 4.39 Å². The summed E-state index contributed by atoms with van der Waals surface area (Å²) in [7, 11) is 0. The third kappa shape index (κ3) is 4.70. The van der Waals surface area contributed by atoms with E-state index in [1.54, 1.807) is 6.07 Å². The van der Waals surface area contributed by atoms with Crippen molar-refractivity contribution in [3.63, 3.8) is 0 Å². The van der Waals surface area contributed by atoms with Crippen LogP contribution in [0, 0.1) is 11.7 Å². The Morgan fingerprint density at radius 2 is 1.76 bits per heavy atom. The van der Waals surface area contributed by atoms with Gasteiger partial charge in [0, 0.05) is 19.1 Å². The molecule has 0 radical (unpaired) electrons. The number of hydrogen-bond donors (Lipinski definition) is 1. The van der Waals surface area contributed by atoms with E-state index in [2.05, 4.69) is 37.1 Å². The highest BCUT2D eigenvalue weighted by Crippen LogP contribution is 2.25. The molecule has 1 aromatic carbocycles. The molecule has 2 nitrogen and oxygen atoms in total. The zero-order chi connectivity index (χ0) is 15.2. The number of benzene rings is 1. The summed E-state index contributed by atoms with van der Waals surface area (Å²) >= 11 is 0. The first-order valence-electron chi connectivity index (χ1n) is 8.35. The monoisotopic (exact) mass is 292 g/mol. The van der Waals surface area contributed by atoms with Crippen LogP contribution in [0.1, 0.15) is 58.1 Å². The van der Waals surface area contributed by atoms with E-state index in [4.69, 9.17) is 0 Å². The van der Waals surface area contributed by atoms with Crippen LogP contribution in [0.5, 0.6) is 0 Å². The summed E-state index contributed by atoms with van der Waals surface area (Å²) < 4.78 is 14.5. The van der Waals surface area contributed by atoms with Crippen LogP contribution < -0.4 is 10.2 Å². The van der Waals surface area contributed by atoms with E-state index in [1.807, 2.05) is 6.07 Å². The molecule has 1 heterocycles. The molecule has 21 heavy (non-hydrogen) atoms. The molecule has 1 aromatic rings. The fourth-order valence-corrected chi connectivity index (χ4v) is 2.89. The van der Waals surface area contributed by atoms with Crippen LogP contribution in [0.25, 0.3) is 0 Å². The molecule has 0 amide bonds. The van der Waals surface area contributed by atoms with Crippen LogP contribution in [0.3, 0.4) is 0 Å². The maximum absolute atomic E-state index is 14.5. The minimum Gasteiger partial charge on any atom is -0.369 e. The first kappa shape index (κ1) is 16.3. The molecule has 1 aliphatic heterocycles. The first-order chi connectivity index (χ1) is 10.1. The van der Waals surface area contributed by atoms with Gasteiger partial charge in [-0.15, -0.1) is 0 Å². The summed E-state index contributed by atoms with van der Waals surface area (Å²) in [6.45, 7) is 9.39. The molecule has 1 saturated heterocycles. The summed E-state index contributed by atoms with van der Waals surface area (Å²) in [5, 5.41) is 3.45. The Labute approximate surface area is 128 Å². The van der Waals surface area contributed by atoms with E-state index in [0.29, 0.717) is 5.92 Å². The topological polar surface area (TPSA) is 15.3 Å². The van der Waals surface area contributed by atoms with Gasteiger partial charge >= 0.3 is 0 Å². The van der Waals surface area contributed by atoms with Gasteiger partial charge in [0.2, 0.25) is 0 Å². The predicted molar refractivity (Wildman–Crippen MR) is 88.3 cm³/mol. The standard InChI is InChI=1S/C18H29FN2/c1-14(2)13-20-15(3)16-8-9-18(17(19)12-16)21-10-6-4-5-7-11-21/h8-9,12,14-15,20H,4-7,10-11,13H2,1-3H3/t15-/m1/s1. The van der Waals surface area contributed by atoms with Crippen molar-refractivity contribution in [2.45, 2.75) is 52.5 Å². The van der Waals surface area contributed by atoms with Gasteiger partial charge in [0.25, 0.3) is 0 Å². The summed E-state index contributed by atoms with van der Waals surface area (Å²) in [4.78, 5) is 2.21. The molecule has 118 valence electrons. The largest absolute Gasteiger partial charge is 0.369 e. The van der Waals surface area contributed by atoms with Crippen LogP contribution >= 0.6 is 0 Å². The molecule has 0 unspecified atom stereocenters. The van der Waals surface area contributed by atoms with Crippen LogP contribution in [-0.4, -0.2) is 19.6 Å². The second-order valence-electron chi connectivity index (χ2n) is 6.64. The number of anilines is 1. The Balaban J connectivity index is 2.05. The van der Waals surface area contributed by atoms with Crippen molar-refractivity contribution in [2.24, 2.45) is 5.92 Å². The molecule has 0 saturated carbocycles. The highest BCUT2D eigenvalue weighted by atomic mass is 19.1. The fraction of sp³-hybridized carbons (Fsp3) is 0.667. The summed E-state index contributed by atoms with van der Waals surface area (Å²) in [5.41, 5.74) is 1.81. The van der Waals surface area contributed by atoms with Gasteiger partial charge in [-0.2, -0.15) is 0 Å². The molecule has 2 rings (SSSR count). The molecule has 0 aliphatic carbocycles. The number of nitrogens with zero attached hydrogens (tertiary/aromatic N) is 1. The molecule has 1 fully saturated rings. The van der Waals surface area contributed by atoms with E-state index >= 15 is 0 Å². The van der Waals surface area contributed by atoms with Crippen LogP contribution in [-0.2, 0) is 0 Å². The van der Waals surface area contributed by atoms with Crippen molar-refractivity contribution in [1.29, 1.82) is 0 Å². The smallest absolute Gasteiger partial charge is 0.146 e. The maximum atomic E-state index is 14.5. The average Bonchev–Trinajstić information content (AvgIpc) is 2.73. The first-order valence-corrected chi connectivity index (χ1v) is 8.35. The summed E-state index contributed by atoms with van der Waals surface area (Å²) in [6.07, 6.45) is 4.89. The van der Waals surface area contributed by atoms with Crippen LogP contribution in [0.2, 0.25) is 0 Å². The van der Waals surface area contributed by atoms with E-state index in [-0.39, 0.29) is 11.9 Å². The second kappa shape index (κ2) is 7.79. The normalized spacial score (nSPS) is 17.9. The van der Waals surface area contributed by atoms with Crippen LogP contribution in [0.15, 0.2) is 18.2 Å². The Bertz CT molecular complexity index is 437. The Morgan fingerprint density at radius 3 is 2.33 bits per heavy atom. The zero-order valence-corrected chi connectivity index (χ0v) is 13.7. The summed E-state index contributed by atoms with van der Waals surface area (Å²) in [5.74, 6) is 0.529. The molecular weight excluding hydrogens is 263 g/mol. The lowest BCUT2D eigenvalue weighted by Gasteiger charge is -2.24. The van der Waals surface area contributed by atoms with E-state index in [1.165, 1.54) is 25.7 Å². The summed E-state index contributed by atoms with van der Waals surface area (Å²) in [6, 6.07) is 5.93. The number of hydrogen-bond acceptors (Lipinski definition) is 2. The molecule has 3 heteroatoms. The Hall–Kier alpha value is -1.09. The predicted octanol–water partition coefficient (Wildman–Crippen LogP) is 4.51. The molecular formula is C18H29FN2. The maximum Gasteiger partial charge on any atom is 0.146 e. The third-order valence-corrected chi connectivity index (χ3v) is 4.25. The van der Waals surface area contributed by atoms with Gasteiger partial charge < -0.3 is 10.2 Å². The van der Waals surface area contributed by atoms with Crippen molar-refractivity contribution < 1.29 is 4.39 Å². The van der Waals surface area contributed by atoms with Gasteiger partial charge in [-0.05, 0) is 49.9 Å². The Morgan fingerprint density at radius 1 is 1.10 bits per heavy atom. The molecule has 0 aromatic heterocycles. The van der Waals surface area contributed by atoms with E-state index in [0.717, 1.165) is 30.9 Å². The van der Waals surface area contributed by atoms with Gasteiger partial charge in [-0.1, -0.05) is 32.8 Å². The SMILES string of the molecule is CC(C)CN[C@H](C)c1ccc(N2CCCCCC2)c(F)c1. The highest BCUT2D eigenvalue weighted by molar-refractivity contribution is 5.49. The van der Waals surface area contributed by atoms with Crippen molar-refractivity contribution in [3.8, 4) is 0 Å². The zero-order valence-electron chi connectivity index (χ0n) is 13.7. The van der Waals surface area contributed by atoms with E-state index < -0.39 is 0 Å². The van der Waals surface area contributed by atoms with Crippen molar-refractivity contribution in [2.75, 3.05) is 24.5 Å². The molecule has 0 bridgehead atoms. The number of halogens is 1. The van der Waals surface area contributed by atoms with Crippen molar-refractivity contribution >= 4 is 5.69 Å². The third-order valence-electron chi connectivity index (χ3n) is 4.25. The average molecular weight is 292 g/mol.